The van der Waals surface area contributed by atoms with E-state index in [2.05, 4.69) is 10.6 Å². The summed E-state index contributed by atoms with van der Waals surface area (Å²) in [6.07, 6.45) is 1.34. The molecular weight excluding hydrogens is 460 g/mol. The summed E-state index contributed by atoms with van der Waals surface area (Å²) in [5.74, 6) is -1.29. The molecule has 0 atom stereocenters. The van der Waals surface area contributed by atoms with Gasteiger partial charge in [0.15, 0.2) is 0 Å². The number of para-hydroxylation sites is 1. The predicted molar refractivity (Wildman–Crippen MR) is 117 cm³/mol. The van der Waals surface area contributed by atoms with Crippen LogP contribution in [0, 0.1) is 5.82 Å². The van der Waals surface area contributed by atoms with Gasteiger partial charge in [0.25, 0.3) is 5.91 Å². The first kappa shape index (κ1) is 21.6. The minimum atomic E-state index is -0.777. The number of halogens is 3. The second-order valence-electron chi connectivity index (χ2n) is 6.74. The Morgan fingerprint density at radius 2 is 1.88 bits per heavy atom. The van der Waals surface area contributed by atoms with Gasteiger partial charge in [0.05, 0.1) is 15.7 Å². The van der Waals surface area contributed by atoms with Gasteiger partial charge in [-0.1, -0.05) is 35.3 Å². The van der Waals surface area contributed by atoms with E-state index in [9.17, 15) is 18.8 Å². The Kier molecular flexibility index (Phi) is 5.98. The van der Waals surface area contributed by atoms with E-state index in [1.54, 1.807) is 36.4 Å². The summed E-state index contributed by atoms with van der Waals surface area (Å²) in [6, 6.07) is 13.1. The van der Waals surface area contributed by atoms with Gasteiger partial charge in [0, 0.05) is 11.6 Å². The molecule has 1 saturated heterocycles. The molecule has 7 nitrogen and oxygen atoms in total. The molecule has 10 heteroatoms. The lowest BCUT2D eigenvalue weighted by molar-refractivity contribution is -0.127. The largest absolute Gasteiger partial charge is 0.457 e. The molecule has 162 valence electrons. The fourth-order valence-electron chi connectivity index (χ4n) is 2.99. The SMILES string of the molecule is O=C(CN1C(=O)N/C(=C\c2ccc(-c3ccc(Cl)c(Cl)c3)o2)C1=O)Nc1ccccc1F. The van der Waals surface area contributed by atoms with Gasteiger partial charge in [-0.3, -0.25) is 9.59 Å². The highest BCUT2D eigenvalue weighted by atomic mass is 35.5. The zero-order chi connectivity index (χ0) is 22.8. The van der Waals surface area contributed by atoms with E-state index >= 15 is 0 Å². The number of nitrogens with one attached hydrogen (secondary N) is 2. The highest BCUT2D eigenvalue weighted by Gasteiger charge is 2.35. The third-order valence-electron chi connectivity index (χ3n) is 4.53. The van der Waals surface area contributed by atoms with Crippen LogP contribution in [0.4, 0.5) is 14.9 Å². The van der Waals surface area contributed by atoms with Crippen molar-refractivity contribution in [3.63, 3.8) is 0 Å². The maximum absolute atomic E-state index is 13.7. The Morgan fingerprint density at radius 3 is 2.62 bits per heavy atom. The van der Waals surface area contributed by atoms with Gasteiger partial charge in [-0.05, 0) is 42.5 Å². The number of hydrogen-bond acceptors (Lipinski definition) is 4. The lowest BCUT2D eigenvalue weighted by atomic mass is 10.2. The summed E-state index contributed by atoms with van der Waals surface area (Å²) in [6.45, 7) is -0.580. The number of urea groups is 1. The maximum Gasteiger partial charge on any atom is 0.329 e. The van der Waals surface area contributed by atoms with Gasteiger partial charge < -0.3 is 15.1 Å². The molecule has 1 aromatic heterocycles. The Hall–Kier alpha value is -3.62. The number of carbonyl (C=O) groups is 3. The van der Waals surface area contributed by atoms with E-state index in [0.29, 0.717) is 32.0 Å². The van der Waals surface area contributed by atoms with Crippen LogP contribution in [0.5, 0.6) is 0 Å². The van der Waals surface area contributed by atoms with E-state index < -0.39 is 30.2 Å². The number of rotatable bonds is 5. The molecule has 0 bridgehead atoms. The Balaban J connectivity index is 1.46. The summed E-state index contributed by atoms with van der Waals surface area (Å²) in [5, 5.41) is 5.49. The smallest absolute Gasteiger partial charge is 0.329 e. The summed E-state index contributed by atoms with van der Waals surface area (Å²) in [5.41, 5.74) is 0.562. The fourth-order valence-corrected chi connectivity index (χ4v) is 3.29. The first-order valence-corrected chi connectivity index (χ1v) is 10.0. The number of hydrogen-bond donors (Lipinski definition) is 2. The Bertz CT molecular complexity index is 1270. The molecule has 1 fully saturated rings. The first-order chi connectivity index (χ1) is 15.3. The molecule has 0 saturated carbocycles. The van der Waals surface area contributed by atoms with E-state index in [4.69, 9.17) is 27.6 Å². The molecule has 2 aromatic carbocycles. The summed E-state index contributed by atoms with van der Waals surface area (Å²) < 4.78 is 19.4. The number of imide groups is 1. The van der Waals surface area contributed by atoms with Crippen LogP contribution in [0.15, 0.2) is 64.7 Å². The summed E-state index contributed by atoms with van der Waals surface area (Å²) in [7, 11) is 0. The van der Waals surface area contributed by atoms with Crippen LogP contribution in [0.3, 0.4) is 0 Å². The van der Waals surface area contributed by atoms with Crippen LogP contribution < -0.4 is 10.6 Å². The minimum Gasteiger partial charge on any atom is -0.457 e. The number of carbonyl (C=O) groups excluding carboxylic acids is 3. The topological polar surface area (TPSA) is 91.7 Å². The van der Waals surface area contributed by atoms with Crippen molar-refractivity contribution in [2.45, 2.75) is 0 Å². The van der Waals surface area contributed by atoms with Crippen molar-refractivity contribution in [3.05, 3.63) is 81.9 Å². The van der Waals surface area contributed by atoms with Crippen molar-refractivity contribution in [2.75, 3.05) is 11.9 Å². The molecule has 4 rings (SSSR count). The molecule has 0 spiro atoms. The molecule has 1 aliphatic heterocycles. The van der Waals surface area contributed by atoms with Crippen LogP contribution in [0.1, 0.15) is 5.76 Å². The number of amides is 4. The average Bonchev–Trinajstić information content (AvgIpc) is 3.32. The molecular formula is C22H14Cl2FN3O4. The van der Waals surface area contributed by atoms with Crippen LogP contribution >= 0.6 is 23.2 Å². The van der Waals surface area contributed by atoms with E-state index in [-0.39, 0.29) is 11.4 Å². The lowest BCUT2D eigenvalue weighted by Crippen LogP contribution is -2.38. The second-order valence-corrected chi connectivity index (χ2v) is 7.55. The molecule has 4 amide bonds. The van der Waals surface area contributed by atoms with Crippen LogP contribution in [0.2, 0.25) is 10.0 Å². The third kappa shape index (κ3) is 4.51. The van der Waals surface area contributed by atoms with Crippen molar-refractivity contribution in [3.8, 4) is 11.3 Å². The van der Waals surface area contributed by atoms with Gasteiger partial charge in [-0.25, -0.2) is 14.1 Å². The maximum atomic E-state index is 13.7. The van der Waals surface area contributed by atoms with Crippen molar-refractivity contribution < 1.29 is 23.2 Å². The van der Waals surface area contributed by atoms with Crippen molar-refractivity contribution in [2.24, 2.45) is 0 Å². The normalized spacial score (nSPS) is 14.7. The third-order valence-corrected chi connectivity index (χ3v) is 5.27. The van der Waals surface area contributed by atoms with Crippen LogP contribution in [-0.4, -0.2) is 29.3 Å². The Labute approximate surface area is 191 Å². The standard InChI is InChI=1S/C22H14Cl2FN3O4/c23-14-7-5-12(9-15(14)24)19-8-6-13(32-19)10-18-21(30)28(22(31)27-18)11-20(29)26-17-4-2-1-3-16(17)25/h1-10H,11H2,(H,26,29)(H,27,31)/b18-10-. The minimum absolute atomic E-state index is 0.0502. The number of benzene rings is 2. The van der Waals surface area contributed by atoms with Crippen molar-refractivity contribution >= 4 is 52.8 Å². The summed E-state index contributed by atoms with van der Waals surface area (Å²) >= 11 is 11.9. The molecule has 0 aliphatic carbocycles. The van der Waals surface area contributed by atoms with E-state index in [1.807, 2.05) is 0 Å². The molecule has 3 aromatic rings. The molecule has 0 radical (unpaired) electrons. The predicted octanol–water partition coefficient (Wildman–Crippen LogP) is 4.92. The van der Waals surface area contributed by atoms with E-state index in [1.165, 1.54) is 24.3 Å². The van der Waals surface area contributed by atoms with Gasteiger partial charge in [-0.2, -0.15) is 0 Å². The molecule has 2 heterocycles. The number of nitrogens with zero attached hydrogens (tertiary/aromatic N) is 1. The first-order valence-electron chi connectivity index (χ1n) is 9.26. The van der Waals surface area contributed by atoms with Crippen LogP contribution in [-0.2, 0) is 9.59 Å². The molecule has 0 unspecified atom stereocenters. The van der Waals surface area contributed by atoms with E-state index in [0.717, 1.165) is 0 Å². The van der Waals surface area contributed by atoms with Gasteiger partial charge in [0.2, 0.25) is 5.91 Å². The molecule has 2 N–H and O–H groups in total. The van der Waals surface area contributed by atoms with Crippen LogP contribution in [0.25, 0.3) is 17.4 Å². The summed E-state index contributed by atoms with van der Waals surface area (Å²) in [4.78, 5) is 37.6. The zero-order valence-corrected chi connectivity index (χ0v) is 17.7. The lowest BCUT2D eigenvalue weighted by Gasteiger charge is -2.12. The fraction of sp³-hybridized carbons (Fsp3) is 0.0455. The highest BCUT2D eigenvalue weighted by molar-refractivity contribution is 6.42. The second kappa shape index (κ2) is 8.86. The van der Waals surface area contributed by atoms with Gasteiger partial charge in [0.1, 0.15) is 29.6 Å². The monoisotopic (exact) mass is 473 g/mol. The van der Waals surface area contributed by atoms with Gasteiger partial charge in [-0.15, -0.1) is 0 Å². The Morgan fingerprint density at radius 1 is 1.09 bits per heavy atom. The molecule has 1 aliphatic rings. The quantitative estimate of drug-likeness (QED) is 0.406. The average molecular weight is 474 g/mol. The number of anilines is 1. The highest BCUT2D eigenvalue weighted by Crippen LogP contribution is 2.30. The van der Waals surface area contributed by atoms with Crippen molar-refractivity contribution in [1.82, 2.24) is 10.2 Å². The molecule has 32 heavy (non-hydrogen) atoms. The van der Waals surface area contributed by atoms with Crippen molar-refractivity contribution in [1.29, 1.82) is 0 Å². The van der Waals surface area contributed by atoms with Gasteiger partial charge >= 0.3 is 6.03 Å². The zero-order valence-electron chi connectivity index (χ0n) is 16.2. The number of furan rings is 1.